The molecule has 1 aromatic heterocycles. The van der Waals surface area contributed by atoms with Gasteiger partial charge >= 0.3 is 5.97 Å². The van der Waals surface area contributed by atoms with E-state index in [4.69, 9.17) is 25.8 Å². The van der Waals surface area contributed by atoms with E-state index >= 15 is 0 Å². The predicted molar refractivity (Wildman–Crippen MR) is 138 cm³/mol. The van der Waals surface area contributed by atoms with Crippen molar-refractivity contribution in [1.29, 1.82) is 0 Å². The Morgan fingerprint density at radius 2 is 1.97 bits per heavy atom. The molecule has 0 radical (unpaired) electrons. The molecule has 0 aliphatic carbocycles. The number of thiazole rings is 1. The number of fused-ring (bicyclic) bond motifs is 1. The molecule has 8 nitrogen and oxygen atoms in total. The number of rotatable bonds is 7. The number of hydrogen-bond acceptors (Lipinski definition) is 8. The van der Waals surface area contributed by atoms with E-state index in [9.17, 15) is 14.7 Å². The van der Waals surface area contributed by atoms with Crippen LogP contribution in [0.4, 0.5) is 0 Å². The zero-order valence-corrected chi connectivity index (χ0v) is 21.8. The molecular weight excluding hydrogens is 504 g/mol. The van der Waals surface area contributed by atoms with Crippen LogP contribution in [0.15, 0.2) is 57.5 Å². The van der Waals surface area contributed by atoms with Crippen LogP contribution in [0.2, 0.25) is 5.02 Å². The molecule has 2 aromatic carbocycles. The van der Waals surface area contributed by atoms with Gasteiger partial charge in [0.05, 0.1) is 42.2 Å². The molecule has 1 aliphatic rings. The molecule has 0 fully saturated rings. The molecule has 4 rings (SSSR count). The van der Waals surface area contributed by atoms with Crippen LogP contribution < -0.4 is 24.4 Å². The summed E-state index contributed by atoms with van der Waals surface area (Å²) in [4.78, 5) is 31.7. The monoisotopic (exact) mass is 528 g/mol. The molecular formula is C26H25ClN2O6S. The van der Waals surface area contributed by atoms with E-state index in [-0.39, 0.29) is 23.5 Å². The molecule has 0 saturated carbocycles. The lowest BCUT2D eigenvalue weighted by molar-refractivity contribution is -0.139. The van der Waals surface area contributed by atoms with Crippen LogP contribution in [0.5, 0.6) is 17.2 Å². The van der Waals surface area contributed by atoms with E-state index in [0.717, 1.165) is 11.3 Å². The van der Waals surface area contributed by atoms with Crippen LogP contribution in [0.25, 0.3) is 6.08 Å². The second kappa shape index (κ2) is 10.6. The summed E-state index contributed by atoms with van der Waals surface area (Å²) in [6, 6.07) is 9.06. The molecule has 1 aliphatic heterocycles. The van der Waals surface area contributed by atoms with E-state index in [1.54, 1.807) is 57.4 Å². The van der Waals surface area contributed by atoms with E-state index in [1.807, 2.05) is 6.92 Å². The SMILES string of the molecule is CCOC(=O)C1=C(C)N=c2s/c(=C\c3cc(Cl)ccc3O)c(=O)n2C1c1ccc(OC)c(OCC)c1. The fourth-order valence-electron chi connectivity index (χ4n) is 4.02. The van der Waals surface area contributed by atoms with Crippen LogP contribution in [0.3, 0.4) is 0 Å². The zero-order valence-electron chi connectivity index (χ0n) is 20.2. The van der Waals surface area contributed by atoms with Crippen LogP contribution in [-0.4, -0.2) is 36.0 Å². The van der Waals surface area contributed by atoms with Gasteiger partial charge < -0.3 is 19.3 Å². The number of carbonyl (C=O) groups is 1. The number of benzene rings is 2. The number of nitrogens with zero attached hydrogens (tertiary/aromatic N) is 2. The van der Waals surface area contributed by atoms with Crippen molar-refractivity contribution in [3.05, 3.63) is 83.5 Å². The van der Waals surface area contributed by atoms with Gasteiger partial charge in [0, 0.05) is 10.6 Å². The standard InChI is InChI=1S/C26H25ClN2O6S/c1-5-34-20-12-15(7-10-19(20)33-4)23-22(25(32)35-6-2)14(3)28-26-29(23)24(31)21(36-26)13-16-11-17(27)8-9-18(16)30/h7-13,23,30H,5-6H2,1-4H3/b21-13-. The molecule has 1 N–H and O–H groups in total. The fourth-order valence-corrected chi connectivity index (χ4v) is 5.24. The minimum Gasteiger partial charge on any atom is -0.507 e. The first-order valence-corrected chi connectivity index (χ1v) is 12.5. The number of esters is 1. The predicted octanol–water partition coefficient (Wildman–Crippen LogP) is 3.56. The van der Waals surface area contributed by atoms with Crippen molar-refractivity contribution in [2.24, 2.45) is 4.99 Å². The lowest BCUT2D eigenvalue weighted by atomic mass is 9.95. The number of ether oxygens (including phenoxy) is 3. The molecule has 3 aromatic rings. The number of aromatic hydroxyl groups is 1. The third-order valence-corrected chi connectivity index (χ3v) is 6.81. The number of aromatic nitrogens is 1. The van der Waals surface area contributed by atoms with Gasteiger partial charge in [-0.25, -0.2) is 9.79 Å². The summed E-state index contributed by atoms with van der Waals surface area (Å²) >= 11 is 7.24. The lowest BCUT2D eigenvalue weighted by Crippen LogP contribution is -2.40. The third-order valence-electron chi connectivity index (χ3n) is 5.60. The highest BCUT2D eigenvalue weighted by molar-refractivity contribution is 7.07. The van der Waals surface area contributed by atoms with Crippen molar-refractivity contribution >= 4 is 35.0 Å². The molecule has 188 valence electrons. The van der Waals surface area contributed by atoms with Crippen LogP contribution in [-0.2, 0) is 9.53 Å². The summed E-state index contributed by atoms with van der Waals surface area (Å²) < 4.78 is 18.3. The second-order valence-corrected chi connectivity index (χ2v) is 9.29. The Morgan fingerprint density at radius 3 is 2.67 bits per heavy atom. The van der Waals surface area contributed by atoms with Crippen molar-refractivity contribution in [3.63, 3.8) is 0 Å². The second-order valence-electron chi connectivity index (χ2n) is 7.85. The maximum Gasteiger partial charge on any atom is 0.338 e. The number of allylic oxidation sites excluding steroid dienone is 1. The summed E-state index contributed by atoms with van der Waals surface area (Å²) in [5.74, 6) is 0.449. The fraction of sp³-hybridized carbons (Fsp3) is 0.269. The van der Waals surface area contributed by atoms with Crippen molar-refractivity contribution in [3.8, 4) is 17.2 Å². The van der Waals surface area contributed by atoms with Crippen molar-refractivity contribution < 1.29 is 24.1 Å². The van der Waals surface area contributed by atoms with Gasteiger partial charge in [-0.2, -0.15) is 0 Å². The summed E-state index contributed by atoms with van der Waals surface area (Å²) in [7, 11) is 1.54. The largest absolute Gasteiger partial charge is 0.507 e. The lowest BCUT2D eigenvalue weighted by Gasteiger charge is -2.25. The van der Waals surface area contributed by atoms with Gasteiger partial charge in [0.25, 0.3) is 5.56 Å². The Balaban J connectivity index is 1.98. The number of phenolic OH excluding ortho intramolecular Hbond substituents is 1. The van der Waals surface area contributed by atoms with Crippen LogP contribution in [0.1, 0.15) is 37.9 Å². The quantitative estimate of drug-likeness (QED) is 0.471. The first-order chi connectivity index (χ1) is 17.3. The molecule has 2 heterocycles. The Bertz CT molecular complexity index is 1540. The van der Waals surface area contributed by atoms with Crippen LogP contribution >= 0.6 is 22.9 Å². The molecule has 0 amide bonds. The van der Waals surface area contributed by atoms with Gasteiger partial charge in [0.15, 0.2) is 16.3 Å². The zero-order chi connectivity index (χ0) is 26.0. The molecule has 1 atom stereocenters. The van der Waals surface area contributed by atoms with Gasteiger partial charge in [-0.15, -0.1) is 0 Å². The Kier molecular flexibility index (Phi) is 7.51. The molecule has 0 spiro atoms. The van der Waals surface area contributed by atoms with Crippen molar-refractivity contribution in [2.45, 2.75) is 26.8 Å². The van der Waals surface area contributed by atoms with E-state index in [2.05, 4.69) is 4.99 Å². The van der Waals surface area contributed by atoms with Gasteiger partial charge in [0.2, 0.25) is 0 Å². The summed E-state index contributed by atoms with van der Waals surface area (Å²) in [5, 5.41) is 10.7. The molecule has 0 saturated heterocycles. The Morgan fingerprint density at radius 1 is 1.19 bits per heavy atom. The average molecular weight is 529 g/mol. The number of hydrogen-bond donors (Lipinski definition) is 1. The smallest absolute Gasteiger partial charge is 0.338 e. The number of halogens is 1. The normalized spacial score (nSPS) is 15.4. The van der Waals surface area contributed by atoms with Gasteiger partial charge in [0.1, 0.15) is 5.75 Å². The minimum atomic E-state index is -0.805. The van der Waals surface area contributed by atoms with E-state index in [1.165, 1.54) is 10.6 Å². The Hall–Kier alpha value is -3.56. The molecule has 10 heteroatoms. The highest BCUT2D eigenvalue weighted by atomic mass is 35.5. The van der Waals surface area contributed by atoms with Crippen LogP contribution in [0, 0.1) is 0 Å². The van der Waals surface area contributed by atoms with Crippen molar-refractivity contribution in [2.75, 3.05) is 20.3 Å². The number of carbonyl (C=O) groups excluding carboxylic acids is 1. The summed E-state index contributed by atoms with van der Waals surface area (Å²) in [5.41, 5.74) is 1.37. The summed E-state index contributed by atoms with van der Waals surface area (Å²) in [6.07, 6.45) is 1.56. The number of methoxy groups -OCH3 is 1. The minimum absolute atomic E-state index is 0.0123. The third kappa shape index (κ3) is 4.76. The maximum atomic E-state index is 13.7. The first kappa shape index (κ1) is 25.5. The van der Waals surface area contributed by atoms with Gasteiger partial charge in [-0.1, -0.05) is 29.0 Å². The van der Waals surface area contributed by atoms with E-state index in [0.29, 0.717) is 49.3 Å². The van der Waals surface area contributed by atoms with Gasteiger partial charge in [-0.05, 0) is 62.7 Å². The maximum absolute atomic E-state index is 13.7. The highest BCUT2D eigenvalue weighted by Crippen LogP contribution is 2.36. The molecule has 36 heavy (non-hydrogen) atoms. The molecule has 1 unspecified atom stereocenters. The van der Waals surface area contributed by atoms with Crippen molar-refractivity contribution in [1.82, 2.24) is 4.57 Å². The topological polar surface area (TPSA) is 99.4 Å². The summed E-state index contributed by atoms with van der Waals surface area (Å²) in [6.45, 7) is 5.87. The van der Waals surface area contributed by atoms with Gasteiger partial charge in [-0.3, -0.25) is 9.36 Å². The first-order valence-electron chi connectivity index (χ1n) is 11.3. The number of phenols is 1. The molecule has 0 bridgehead atoms. The Labute approximate surface area is 216 Å². The highest BCUT2D eigenvalue weighted by Gasteiger charge is 2.34. The average Bonchev–Trinajstić information content (AvgIpc) is 3.15. The van der Waals surface area contributed by atoms with E-state index < -0.39 is 12.0 Å².